The van der Waals surface area contributed by atoms with Crippen molar-refractivity contribution in [2.24, 2.45) is 0 Å². The summed E-state index contributed by atoms with van der Waals surface area (Å²) in [6, 6.07) is 22.0. The molecule has 0 atom stereocenters. The molecule has 6 nitrogen and oxygen atoms in total. The number of hydrogen-bond acceptors (Lipinski definition) is 4. The van der Waals surface area contributed by atoms with Crippen molar-refractivity contribution in [3.63, 3.8) is 0 Å². The van der Waals surface area contributed by atoms with Gasteiger partial charge in [0.25, 0.3) is 0 Å². The number of hydrogen-bond donors (Lipinski definition) is 2. The number of aromatic amines is 1. The van der Waals surface area contributed by atoms with Crippen LogP contribution in [0.2, 0.25) is 0 Å². The van der Waals surface area contributed by atoms with Gasteiger partial charge >= 0.3 is 0 Å². The molecule has 6 aromatic rings. The van der Waals surface area contributed by atoms with Crippen molar-refractivity contribution in [3.05, 3.63) is 79.1 Å². The molecule has 28 heavy (non-hydrogen) atoms. The van der Waals surface area contributed by atoms with Crippen LogP contribution in [0, 0.1) is 0 Å². The Bertz CT molecular complexity index is 1420. The zero-order chi connectivity index (χ0) is 18.5. The largest absolute Gasteiger partial charge is 0.454 e. The average Bonchev–Trinajstić information content (AvgIpc) is 3.44. The Morgan fingerprint density at radius 2 is 1.89 bits per heavy atom. The fourth-order valence-corrected chi connectivity index (χ4v) is 3.46. The number of benzene rings is 2. The molecule has 0 aliphatic rings. The van der Waals surface area contributed by atoms with Gasteiger partial charge in [-0.25, -0.2) is 9.50 Å². The third-order valence-corrected chi connectivity index (χ3v) is 4.83. The number of fused-ring (bicyclic) bond motifs is 3. The van der Waals surface area contributed by atoms with Gasteiger partial charge in [-0.2, -0.15) is 5.10 Å². The van der Waals surface area contributed by atoms with Crippen molar-refractivity contribution in [1.82, 2.24) is 19.6 Å². The highest BCUT2D eigenvalue weighted by Gasteiger charge is 2.11. The van der Waals surface area contributed by atoms with E-state index >= 15 is 0 Å². The van der Waals surface area contributed by atoms with Gasteiger partial charge in [-0.1, -0.05) is 18.2 Å². The van der Waals surface area contributed by atoms with Crippen LogP contribution >= 0.6 is 0 Å². The minimum atomic E-state index is 0.735. The molecule has 6 rings (SSSR count). The van der Waals surface area contributed by atoms with E-state index in [1.165, 1.54) is 0 Å². The van der Waals surface area contributed by atoms with Crippen LogP contribution in [0.4, 0.5) is 11.5 Å². The minimum absolute atomic E-state index is 0.735. The monoisotopic (exact) mass is 365 g/mol. The molecule has 0 aliphatic carbocycles. The molecule has 0 saturated carbocycles. The van der Waals surface area contributed by atoms with Gasteiger partial charge < -0.3 is 14.7 Å². The molecule has 6 heteroatoms. The summed E-state index contributed by atoms with van der Waals surface area (Å²) >= 11 is 0. The van der Waals surface area contributed by atoms with E-state index in [2.05, 4.69) is 32.5 Å². The van der Waals surface area contributed by atoms with E-state index in [4.69, 9.17) is 4.42 Å². The second kappa shape index (κ2) is 5.72. The number of para-hydroxylation sites is 1. The van der Waals surface area contributed by atoms with Gasteiger partial charge in [0.1, 0.15) is 17.1 Å². The maximum Gasteiger partial charge on any atom is 0.158 e. The molecule has 0 unspecified atom stereocenters. The summed E-state index contributed by atoms with van der Waals surface area (Å²) in [5.74, 6) is 1.50. The zero-order valence-corrected chi connectivity index (χ0v) is 14.8. The summed E-state index contributed by atoms with van der Waals surface area (Å²) in [6.07, 6.45) is 3.83. The molecular weight excluding hydrogens is 350 g/mol. The molecule has 2 aromatic carbocycles. The van der Waals surface area contributed by atoms with Gasteiger partial charge in [-0.15, -0.1) is 0 Å². The molecule has 4 heterocycles. The second-order valence-corrected chi connectivity index (χ2v) is 6.70. The molecule has 0 aliphatic heterocycles. The Morgan fingerprint density at radius 1 is 0.929 bits per heavy atom. The van der Waals surface area contributed by atoms with E-state index < -0.39 is 0 Å². The van der Waals surface area contributed by atoms with E-state index in [0.717, 1.165) is 50.5 Å². The summed E-state index contributed by atoms with van der Waals surface area (Å²) in [7, 11) is 0. The minimum Gasteiger partial charge on any atom is -0.454 e. The number of anilines is 2. The van der Waals surface area contributed by atoms with Crippen LogP contribution in [-0.4, -0.2) is 19.6 Å². The standard InChI is InChI=1S/C22H15N5O/c1-2-4-19-15(3-1)12-20(28-19)18-13-22-25-21(8-10-27(22)26-18)24-16-5-6-17-14(11-16)7-9-23-17/h1-13,23H,(H,24,25). The number of H-pyrrole nitrogens is 1. The van der Waals surface area contributed by atoms with Crippen molar-refractivity contribution >= 4 is 39.0 Å². The molecule has 2 N–H and O–H groups in total. The Morgan fingerprint density at radius 3 is 2.86 bits per heavy atom. The van der Waals surface area contributed by atoms with Crippen LogP contribution in [0.1, 0.15) is 0 Å². The van der Waals surface area contributed by atoms with Crippen LogP contribution in [0.3, 0.4) is 0 Å². The molecule has 0 amide bonds. The Balaban J connectivity index is 1.36. The number of aromatic nitrogens is 4. The van der Waals surface area contributed by atoms with Crippen LogP contribution in [0.25, 0.3) is 39.0 Å². The van der Waals surface area contributed by atoms with Gasteiger partial charge in [0.2, 0.25) is 0 Å². The topological polar surface area (TPSA) is 71.2 Å². The smallest absolute Gasteiger partial charge is 0.158 e. The molecule has 0 bridgehead atoms. The Kier molecular flexibility index (Phi) is 3.07. The molecule has 0 saturated heterocycles. The molecule has 4 aromatic heterocycles. The van der Waals surface area contributed by atoms with Crippen LogP contribution in [-0.2, 0) is 0 Å². The van der Waals surface area contributed by atoms with E-state index in [0.29, 0.717) is 0 Å². The van der Waals surface area contributed by atoms with E-state index in [9.17, 15) is 0 Å². The lowest BCUT2D eigenvalue weighted by atomic mass is 10.2. The SMILES string of the molecule is c1ccc2oc(-c3cc4nc(Nc5ccc6[nH]ccc6c5)ccn4n3)cc2c1. The fraction of sp³-hybridized carbons (Fsp3) is 0. The van der Waals surface area contributed by atoms with Crippen LogP contribution < -0.4 is 5.32 Å². The lowest BCUT2D eigenvalue weighted by Crippen LogP contribution is -1.96. The first-order chi connectivity index (χ1) is 13.8. The van der Waals surface area contributed by atoms with Crippen LogP contribution in [0.5, 0.6) is 0 Å². The molecular formula is C22H15N5O. The molecule has 134 valence electrons. The summed E-state index contributed by atoms with van der Waals surface area (Å²) in [4.78, 5) is 7.88. The number of rotatable bonds is 3. The summed E-state index contributed by atoms with van der Waals surface area (Å²) in [5.41, 5.74) is 4.46. The number of furan rings is 1. The first-order valence-corrected chi connectivity index (χ1v) is 9.01. The third kappa shape index (κ3) is 2.43. The Labute approximate surface area is 159 Å². The van der Waals surface area contributed by atoms with Gasteiger partial charge in [-0.3, -0.25) is 0 Å². The highest BCUT2D eigenvalue weighted by molar-refractivity contribution is 5.84. The van der Waals surface area contributed by atoms with Gasteiger partial charge in [0.05, 0.1) is 0 Å². The van der Waals surface area contributed by atoms with Crippen molar-refractivity contribution in [2.75, 3.05) is 5.32 Å². The van der Waals surface area contributed by atoms with Crippen LogP contribution in [0.15, 0.2) is 83.5 Å². The van der Waals surface area contributed by atoms with Gasteiger partial charge in [0, 0.05) is 40.4 Å². The molecule has 0 radical (unpaired) electrons. The Hall–Kier alpha value is -4.06. The normalized spacial score (nSPS) is 11.6. The molecule has 0 fully saturated rings. The quantitative estimate of drug-likeness (QED) is 0.442. The summed E-state index contributed by atoms with van der Waals surface area (Å²) < 4.78 is 7.67. The second-order valence-electron chi connectivity index (χ2n) is 6.70. The predicted octanol–water partition coefficient (Wildman–Crippen LogP) is 5.37. The number of nitrogens with one attached hydrogen (secondary N) is 2. The van der Waals surface area contributed by atoms with Crippen molar-refractivity contribution in [2.45, 2.75) is 0 Å². The number of nitrogens with zero attached hydrogens (tertiary/aromatic N) is 3. The summed E-state index contributed by atoms with van der Waals surface area (Å²) in [5, 5.41) is 10.2. The van der Waals surface area contributed by atoms with Gasteiger partial charge in [0.15, 0.2) is 11.4 Å². The van der Waals surface area contributed by atoms with E-state index in [1.54, 1.807) is 4.52 Å². The maximum absolute atomic E-state index is 5.92. The highest BCUT2D eigenvalue weighted by Crippen LogP contribution is 2.28. The lowest BCUT2D eigenvalue weighted by Gasteiger charge is -2.05. The van der Waals surface area contributed by atoms with E-state index in [1.807, 2.05) is 67.0 Å². The van der Waals surface area contributed by atoms with Crippen molar-refractivity contribution in [3.8, 4) is 11.5 Å². The van der Waals surface area contributed by atoms with Gasteiger partial charge in [-0.05, 0) is 42.5 Å². The first-order valence-electron chi connectivity index (χ1n) is 9.01. The lowest BCUT2D eigenvalue weighted by molar-refractivity contribution is 0.627. The van der Waals surface area contributed by atoms with Crippen molar-refractivity contribution < 1.29 is 4.42 Å². The first kappa shape index (κ1) is 15.0. The summed E-state index contributed by atoms with van der Waals surface area (Å²) in [6.45, 7) is 0. The van der Waals surface area contributed by atoms with Crippen molar-refractivity contribution in [1.29, 1.82) is 0 Å². The predicted molar refractivity (Wildman–Crippen MR) is 110 cm³/mol. The van der Waals surface area contributed by atoms with E-state index in [-0.39, 0.29) is 0 Å². The fourth-order valence-electron chi connectivity index (χ4n) is 3.46. The molecule has 0 spiro atoms. The maximum atomic E-state index is 5.92. The highest BCUT2D eigenvalue weighted by atomic mass is 16.3. The third-order valence-electron chi connectivity index (χ3n) is 4.83. The average molecular weight is 365 g/mol. The zero-order valence-electron chi connectivity index (χ0n) is 14.8.